The lowest BCUT2D eigenvalue weighted by atomic mass is 9.48. The van der Waals surface area contributed by atoms with E-state index < -0.39 is 0 Å². The third-order valence-corrected chi connectivity index (χ3v) is 9.05. The number of thiocarbonyl (C=S) groups is 1. The zero-order valence-electron chi connectivity index (χ0n) is 24.0. The fourth-order valence-corrected chi connectivity index (χ4v) is 7.72. The lowest BCUT2D eigenvalue weighted by Gasteiger charge is -2.57. The van der Waals surface area contributed by atoms with Crippen molar-refractivity contribution in [3.63, 3.8) is 0 Å². The smallest absolute Gasteiger partial charge is 0.262 e. The highest BCUT2D eigenvalue weighted by Crippen LogP contribution is 2.60. The molecule has 7 rings (SSSR count). The summed E-state index contributed by atoms with van der Waals surface area (Å²) < 4.78 is 11.6. The van der Waals surface area contributed by atoms with E-state index in [1.54, 1.807) is 12.3 Å². The van der Waals surface area contributed by atoms with Gasteiger partial charge >= 0.3 is 0 Å². The largest absolute Gasteiger partial charge is 0.490 e. The number of para-hydroxylation sites is 1. The minimum absolute atomic E-state index is 0.120. The van der Waals surface area contributed by atoms with Crippen molar-refractivity contribution in [1.82, 2.24) is 5.43 Å². The summed E-state index contributed by atoms with van der Waals surface area (Å²) in [4.78, 5) is 12.7. The Balaban J connectivity index is 1.01. The van der Waals surface area contributed by atoms with Crippen molar-refractivity contribution in [3.8, 4) is 11.5 Å². The molecule has 3 N–H and O–H groups in total. The predicted molar refractivity (Wildman–Crippen MR) is 171 cm³/mol. The van der Waals surface area contributed by atoms with E-state index in [0.717, 1.165) is 34.7 Å². The van der Waals surface area contributed by atoms with Gasteiger partial charge in [-0.1, -0.05) is 30.3 Å². The lowest BCUT2D eigenvalue weighted by molar-refractivity contribution is -0.118. The number of anilines is 2. The quantitative estimate of drug-likeness (QED) is 0.137. The monoisotopic (exact) mass is 582 g/mol. The number of hydrogen-bond donors (Lipinski definition) is 3. The van der Waals surface area contributed by atoms with E-state index in [-0.39, 0.29) is 12.5 Å². The Kier molecular flexibility index (Phi) is 8.42. The maximum atomic E-state index is 12.7. The molecule has 3 aromatic carbocycles. The molecule has 0 aromatic heterocycles. The summed E-state index contributed by atoms with van der Waals surface area (Å²) in [7, 11) is 0. The molecule has 0 radical (unpaired) electrons. The summed E-state index contributed by atoms with van der Waals surface area (Å²) in [5.74, 6) is 3.55. The maximum Gasteiger partial charge on any atom is 0.262 e. The Morgan fingerprint density at radius 2 is 1.55 bits per heavy atom. The van der Waals surface area contributed by atoms with Gasteiger partial charge in [-0.25, -0.2) is 0 Å². The standard InChI is InChI=1S/C34H38N4O3S/c1-2-40-31-17-23(21-35-38-33(42)37-28-6-4-3-5-7-28)8-13-30(31)41-22-32(39)36-29-11-9-27(10-12-29)34-18-24-14-25(19-34)16-26(15-24)20-34/h3-13,17,21,24-26H,2,14-16,18-20,22H2,1H3,(H,36,39)(H2,37,38,42)/b35-21+. The third kappa shape index (κ3) is 6.59. The molecule has 0 aliphatic heterocycles. The van der Waals surface area contributed by atoms with Gasteiger partial charge in [0.05, 0.1) is 12.8 Å². The van der Waals surface area contributed by atoms with Crippen molar-refractivity contribution in [2.24, 2.45) is 22.9 Å². The van der Waals surface area contributed by atoms with Crippen LogP contribution in [0.4, 0.5) is 11.4 Å². The van der Waals surface area contributed by atoms with Crippen molar-refractivity contribution >= 4 is 40.8 Å². The predicted octanol–water partition coefficient (Wildman–Crippen LogP) is 6.89. The number of benzene rings is 3. The summed E-state index contributed by atoms with van der Waals surface area (Å²) in [6.07, 6.45) is 9.96. The number of carbonyl (C=O) groups is 1. The molecule has 8 heteroatoms. The van der Waals surface area contributed by atoms with Crippen molar-refractivity contribution in [3.05, 3.63) is 83.9 Å². The van der Waals surface area contributed by atoms with Crippen LogP contribution >= 0.6 is 12.2 Å². The first-order valence-electron chi connectivity index (χ1n) is 14.9. The summed E-state index contributed by atoms with van der Waals surface area (Å²) in [5, 5.41) is 10.6. The molecule has 3 aromatic rings. The van der Waals surface area contributed by atoms with Gasteiger partial charge in [-0.15, -0.1) is 0 Å². The minimum Gasteiger partial charge on any atom is -0.490 e. The number of hydrazone groups is 1. The SMILES string of the molecule is CCOc1cc(/C=N/NC(=S)Nc2ccccc2)ccc1OCC(=O)Nc1ccc(C23CC4CC(CC(C4)C2)C3)cc1. The van der Waals surface area contributed by atoms with Crippen molar-refractivity contribution in [1.29, 1.82) is 0 Å². The van der Waals surface area contributed by atoms with Crippen LogP contribution in [-0.2, 0) is 10.2 Å². The summed E-state index contributed by atoms with van der Waals surface area (Å²) in [5.41, 5.74) is 7.08. The third-order valence-electron chi connectivity index (χ3n) is 8.86. The molecule has 0 heterocycles. The van der Waals surface area contributed by atoms with Gasteiger partial charge < -0.3 is 20.1 Å². The van der Waals surface area contributed by atoms with Gasteiger partial charge in [0.2, 0.25) is 0 Å². The zero-order valence-corrected chi connectivity index (χ0v) is 24.8. The van der Waals surface area contributed by atoms with Crippen LogP contribution in [0.15, 0.2) is 77.9 Å². The maximum absolute atomic E-state index is 12.7. The van der Waals surface area contributed by atoms with Crippen LogP contribution < -0.4 is 25.5 Å². The van der Waals surface area contributed by atoms with Gasteiger partial charge in [-0.2, -0.15) is 5.10 Å². The molecule has 4 bridgehead atoms. The van der Waals surface area contributed by atoms with Crippen molar-refractivity contribution < 1.29 is 14.3 Å². The summed E-state index contributed by atoms with van der Waals surface area (Å²) >= 11 is 5.29. The van der Waals surface area contributed by atoms with Crippen LogP contribution in [0.3, 0.4) is 0 Å². The molecule has 4 saturated carbocycles. The van der Waals surface area contributed by atoms with Crippen LogP contribution in [0.25, 0.3) is 0 Å². The fraction of sp³-hybridized carbons (Fsp3) is 0.382. The summed E-state index contributed by atoms with van der Waals surface area (Å²) in [6, 6.07) is 23.6. The van der Waals surface area contributed by atoms with Gasteiger partial charge in [0.25, 0.3) is 5.91 Å². The Bertz CT molecular complexity index is 1410. The van der Waals surface area contributed by atoms with E-state index in [2.05, 4.69) is 33.3 Å². The van der Waals surface area contributed by atoms with Crippen LogP contribution in [0, 0.1) is 17.8 Å². The molecule has 218 valence electrons. The minimum atomic E-state index is -0.214. The number of nitrogens with zero attached hydrogens (tertiary/aromatic N) is 1. The molecule has 0 atom stereocenters. The van der Waals surface area contributed by atoms with E-state index >= 15 is 0 Å². The molecule has 1 amide bonds. The van der Waals surface area contributed by atoms with Crippen LogP contribution in [0.5, 0.6) is 11.5 Å². The Hall–Kier alpha value is -3.91. The molecule has 42 heavy (non-hydrogen) atoms. The summed E-state index contributed by atoms with van der Waals surface area (Å²) in [6.45, 7) is 2.24. The average molecular weight is 583 g/mol. The Labute approximate surface area is 253 Å². The van der Waals surface area contributed by atoms with Gasteiger partial charge in [-0.3, -0.25) is 10.2 Å². The van der Waals surface area contributed by atoms with E-state index in [1.807, 2.05) is 61.5 Å². The van der Waals surface area contributed by atoms with E-state index in [0.29, 0.717) is 28.6 Å². The van der Waals surface area contributed by atoms with Crippen LogP contribution in [-0.4, -0.2) is 30.4 Å². The number of hydrogen-bond acceptors (Lipinski definition) is 5. The van der Waals surface area contributed by atoms with E-state index in [4.69, 9.17) is 21.7 Å². The molecule has 4 aliphatic carbocycles. The van der Waals surface area contributed by atoms with Gasteiger partial charge in [0.15, 0.2) is 23.2 Å². The molecule has 0 spiro atoms. The highest BCUT2D eigenvalue weighted by atomic mass is 32.1. The highest BCUT2D eigenvalue weighted by Gasteiger charge is 2.51. The first-order chi connectivity index (χ1) is 20.5. The number of carbonyl (C=O) groups excluding carboxylic acids is 1. The van der Waals surface area contributed by atoms with Crippen LogP contribution in [0.1, 0.15) is 56.6 Å². The normalized spacial score (nSPS) is 23.9. The number of amides is 1. The van der Waals surface area contributed by atoms with Crippen molar-refractivity contribution in [2.75, 3.05) is 23.8 Å². The zero-order chi connectivity index (χ0) is 28.9. The molecule has 0 saturated heterocycles. The molecular formula is C34H38N4O3S. The van der Waals surface area contributed by atoms with Gasteiger partial charge in [0, 0.05) is 11.4 Å². The lowest BCUT2D eigenvalue weighted by Crippen LogP contribution is -2.48. The van der Waals surface area contributed by atoms with Crippen molar-refractivity contribution in [2.45, 2.75) is 50.9 Å². The molecular weight excluding hydrogens is 544 g/mol. The fourth-order valence-electron chi connectivity index (χ4n) is 7.55. The number of nitrogens with one attached hydrogen (secondary N) is 3. The molecule has 0 unspecified atom stereocenters. The highest BCUT2D eigenvalue weighted by molar-refractivity contribution is 7.80. The molecule has 4 aliphatic rings. The topological polar surface area (TPSA) is 84.0 Å². The van der Waals surface area contributed by atoms with E-state index in [9.17, 15) is 4.79 Å². The first-order valence-corrected chi connectivity index (χ1v) is 15.3. The molecule has 4 fully saturated rings. The Morgan fingerprint density at radius 1 is 0.881 bits per heavy atom. The van der Waals surface area contributed by atoms with E-state index in [1.165, 1.54) is 44.1 Å². The van der Waals surface area contributed by atoms with Crippen LogP contribution in [0.2, 0.25) is 0 Å². The molecule has 7 nitrogen and oxygen atoms in total. The second kappa shape index (κ2) is 12.5. The first kappa shape index (κ1) is 28.2. The average Bonchev–Trinajstić information content (AvgIpc) is 2.97. The second-order valence-corrected chi connectivity index (χ2v) is 12.3. The second-order valence-electron chi connectivity index (χ2n) is 11.9. The Morgan fingerprint density at radius 3 is 2.21 bits per heavy atom. The number of rotatable bonds is 10. The van der Waals surface area contributed by atoms with Gasteiger partial charge in [0.1, 0.15) is 0 Å². The number of ether oxygens (including phenoxy) is 2. The van der Waals surface area contributed by atoms with Gasteiger partial charge in [-0.05, 0) is 134 Å².